The molecule has 27 heavy (non-hydrogen) atoms. The predicted molar refractivity (Wildman–Crippen MR) is 115 cm³/mol. The zero-order valence-electron chi connectivity index (χ0n) is 17.0. The van der Waals surface area contributed by atoms with Gasteiger partial charge in [0.25, 0.3) is 0 Å². The second kappa shape index (κ2) is 9.95. The number of ether oxygens (including phenoxy) is 1. The first kappa shape index (κ1) is 20.7. The van der Waals surface area contributed by atoms with Crippen molar-refractivity contribution >= 4 is 22.8 Å². The average Bonchev–Trinajstić information content (AvgIpc) is 2.64. The summed E-state index contributed by atoms with van der Waals surface area (Å²) in [4.78, 5) is 6.98. The Morgan fingerprint density at radius 2 is 1.81 bits per heavy atom. The van der Waals surface area contributed by atoms with Crippen molar-refractivity contribution in [2.45, 2.75) is 53.0 Å². The Kier molecular flexibility index (Phi) is 7.65. The average molecular weight is 369 g/mol. The Labute approximate surface area is 163 Å². The van der Waals surface area contributed by atoms with Crippen LogP contribution >= 0.6 is 0 Å². The number of hydrogen-bond acceptors (Lipinski definition) is 5. The largest absolute Gasteiger partial charge is 0.491 e. The lowest BCUT2D eigenvalue weighted by atomic mass is 10.1. The summed E-state index contributed by atoms with van der Waals surface area (Å²) in [5, 5.41) is 8.05. The van der Waals surface area contributed by atoms with Gasteiger partial charge in [-0.05, 0) is 57.5 Å². The molecule has 146 valence electrons. The number of allylic oxidation sites excluding steroid dienone is 2. The first-order valence-corrected chi connectivity index (χ1v) is 9.82. The summed E-state index contributed by atoms with van der Waals surface area (Å²) in [5.41, 5.74) is 9.52. The van der Waals surface area contributed by atoms with Crippen molar-refractivity contribution in [2.24, 2.45) is 10.7 Å². The standard InChI is InChI=1S/C22H32N4O/c1-5-7-8-13-27-22-15-21(19(23)14-20(22)24)25-17-9-11-18(12-10-17)26(6-2)16(3)4/h9-12,14-16,24H,5-8,13,23H2,1-4H3/b24-20?,25-21+. The predicted octanol–water partition coefficient (Wildman–Crippen LogP) is 4.96. The Balaban J connectivity index is 2.16. The van der Waals surface area contributed by atoms with Crippen LogP contribution in [0.15, 0.2) is 52.9 Å². The molecule has 0 amide bonds. The zero-order chi connectivity index (χ0) is 19.8. The van der Waals surface area contributed by atoms with E-state index in [0.717, 1.165) is 31.5 Å². The van der Waals surface area contributed by atoms with Crippen LogP contribution in [0.4, 0.5) is 11.4 Å². The fraction of sp³-hybridized carbons (Fsp3) is 0.455. The Morgan fingerprint density at radius 1 is 1.11 bits per heavy atom. The number of anilines is 1. The van der Waals surface area contributed by atoms with E-state index in [-0.39, 0.29) is 0 Å². The molecule has 0 aliphatic heterocycles. The number of unbranched alkanes of at least 4 members (excludes halogenated alkanes) is 2. The van der Waals surface area contributed by atoms with Gasteiger partial charge in [0.1, 0.15) is 5.76 Å². The molecule has 3 N–H and O–H groups in total. The molecule has 0 aromatic heterocycles. The van der Waals surface area contributed by atoms with Gasteiger partial charge in [-0.3, -0.25) is 5.41 Å². The van der Waals surface area contributed by atoms with Crippen LogP contribution in [0.3, 0.4) is 0 Å². The quantitative estimate of drug-likeness (QED) is 0.478. The van der Waals surface area contributed by atoms with Gasteiger partial charge in [0.15, 0.2) is 0 Å². The molecular formula is C22H32N4O. The van der Waals surface area contributed by atoms with Gasteiger partial charge < -0.3 is 15.4 Å². The third kappa shape index (κ3) is 5.71. The minimum Gasteiger partial charge on any atom is -0.491 e. The zero-order valence-corrected chi connectivity index (χ0v) is 17.0. The molecule has 0 bridgehead atoms. The van der Waals surface area contributed by atoms with Crippen molar-refractivity contribution < 1.29 is 4.74 Å². The van der Waals surface area contributed by atoms with Crippen LogP contribution in [0.25, 0.3) is 0 Å². The smallest absolute Gasteiger partial charge is 0.146 e. The first-order valence-electron chi connectivity index (χ1n) is 9.82. The summed E-state index contributed by atoms with van der Waals surface area (Å²) in [7, 11) is 0. The highest BCUT2D eigenvalue weighted by molar-refractivity contribution is 6.22. The second-order valence-electron chi connectivity index (χ2n) is 6.97. The molecule has 0 spiro atoms. The molecule has 1 aromatic carbocycles. The van der Waals surface area contributed by atoms with Crippen molar-refractivity contribution in [3.8, 4) is 0 Å². The topological polar surface area (TPSA) is 74.7 Å². The maximum Gasteiger partial charge on any atom is 0.146 e. The number of aliphatic imine (C=N–C) groups is 1. The highest BCUT2D eigenvalue weighted by atomic mass is 16.5. The molecule has 1 aliphatic rings. The third-order valence-corrected chi connectivity index (χ3v) is 4.53. The summed E-state index contributed by atoms with van der Waals surface area (Å²) in [6, 6.07) is 8.61. The van der Waals surface area contributed by atoms with E-state index in [1.54, 1.807) is 12.2 Å². The minimum absolute atomic E-state index is 0.300. The number of rotatable bonds is 9. The molecule has 0 radical (unpaired) electrons. The van der Waals surface area contributed by atoms with Gasteiger partial charge >= 0.3 is 0 Å². The van der Waals surface area contributed by atoms with E-state index >= 15 is 0 Å². The second-order valence-corrected chi connectivity index (χ2v) is 6.97. The molecule has 0 atom stereocenters. The molecule has 1 aliphatic carbocycles. The van der Waals surface area contributed by atoms with Crippen LogP contribution in [0.2, 0.25) is 0 Å². The highest BCUT2D eigenvalue weighted by Crippen LogP contribution is 2.23. The van der Waals surface area contributed by atoms with Gasteiger partial charge in [-0.2, -0.15) is 0 Å². The molecule has 0 unspecified atom stereocenters. The van der Waals surface area contributed by atoms with Gasteiger partial charge in [0, 0.05) is 24.4 Å². The fourth-order valence-corrected chi connectivity index (χ4v) is 3.04. The highest BCUT2D eigenvalue weighted by Gasteiger charge is 2.16. The van der Waals surface area contributed by atoms with E-state index in [2.05, 4.69) is 49.7 Å². The lowest BCUT2D eigenvalue weighted by molar-refractivity contribution is 0.224. The van der Waals surface area contributed by atoms with Crippen molar-refractivity contribution in [2.75, 3.05) is 18.1 Å². The lowest BCUT2D eigenvalue weighted by Crippen LogP contribution is -2.30. The van der Waals surface area contributed by atoms with Gasteiger partial charge in [0.05, 0.1) is 29.4 Å². The molecule has 0 saturated heterocycles. The molecular weight excluding hydrogens is 336 g/mol. The van der Waals surface area contributed by atoms with Crippen molar-refractivity contribution in [1.82, 2.24) is 0 Å². The van der Waals surface area contributed by atoms with E-state index in [1.165, 1.54) is 5.69 Å². The maximum absolute atomic E-state index is 8.05. The molecule has 5 heteroatoms. The summed E-state index contributed by atoms with van der Waals surface area (Å²) < 4.78 is 5.75. The van der Waals surface area contributed by atoms with E-state index in [4.69, 9.17) is 15.9 Å². The molecule has 0 fully saturated rings. The van der Waals surface area contributed by atoms with Crippen molar-refractivity contribution in [3.05, 3.63) is 47.9 Å². The Bertz CT molecular complexity index is 729. The third-order valence-electron chi connectivity index (χ3n) is 4.53. The summed E-state index contributed by atoms with van der Waals surface area (Å²) in [6.07, 6.45) is 6.63. The Morgan fingerprint density at radius 3 is 2.41 bits per heavy atom. The van der Waals surface area contributed by atoms with Crippen LogP contribution in [-0.4, -0.2) is 30.6 Å². The van der Waals surface area contributed by atoms with Crippen molar-refractivity contribution in [1.29, 1.82) is 5.41 Å². The summed E-state index contributed by atoms with van der Waals surface area (Å²) >= 11 is 0. The van der Waals surface area contributed by atoms with Gasteiger partial charge in [-0.1, -0.05) is 19.8 Å². The maximum atomic E-state index is 8.05. The Hall–Kier alpha value is -2.56. The molecule has 2 rings (SSSR count). The van der Waals surface area contributed by atoms with Crippen molar-refractivity contribution in [3.63, 3.8) is 0 Å². The minimum atomic E-state index is 0.300. The molecule has 0 heterocycles. The van der Waals surface area contributed by atoms with E-state index in [0.29, 0.717) is 35.5 Å². The van der Waals surface area contributed by atoms with E-state index in [1.807, 2.05) is 12.1 Å². The number of nitrogens with zero attached hydrogens (tertiary/aromatic N) is 2. The normalized spacial score (nSPS) is 15.7. The van der Waals surface area contributed by atoms with Gasteiger partial charge in [-0.15, -0.1) is 0 Å². The van der Waals surface area contributed by atoms with Crippen LogP contribution < -0.4 is 10.6 Å². The number of nitrogens with one attached hydrogen (secondary N) is 1. The SMILES string of the molecule is CCCCCOC1=C/C(=N\c2ccc(N(CC)C(C)C)cc2)C(N)=CC1=N. The van der Waals surface area contributed by atoms with Crippen LogP contribution in [-0.2, 0) is 4.74 Å². The van der Waals surface area contributed by atoms with Crippen LogP contribution in [0.1, 0.15) is 47.0 Å². The van der Waals surface area contributed by atoms with Gasteiger partial charge in [0.2, 0.25) is 0 Å². The first-order chi connectivity index (χ1) is 13.0. The lowest BCUT2D eigenvalue weighted by Gasteiger charge is -2.27. The number of hydrogen-bond donors (Lipinski definition) is 2. The monoisotopic (exact) mass is 368 g/mol. The summed E-state index contributed by atoms with van der Waals surface area (Å²) in [6.45, 7) is 10.3. The van der Waals surface area contributed by atoms with Crippen LogP contribution in [0, 0.1) is 5.41 Å². The molecule has 5 nitrogen and oxygen atoms in total. The van der Waals surface area contributed by atoms with E-state index in [9.17, 15) is 0 Å². The van der Waals surface area contributed by atoms with Gasteiger partial charge in [-0.25, -0.2) is 4.99 Å². The number of benzene rings is 1. The van der Waals surface area contributed by atoms with E-state index < -0.39 is 0 Å². The van der Waals surface area contributed by atoms with Crippen LogP contribution in [0.5, 0.6) is 0 Å². The fourth-order valence-electron chi connectivity index (χ4n) is 3.04. The molecule has 0 saturated carbocycles. The molecule has 1 aromatic rings. The number of nitrogens with two attached hydrogens (primary N) is 1. The summed E-state index contributed by atoms with van der Waals surface area (Å²) in [5.74, 6) is 0.535.